The summed E-state index contributed by atoms with van der Waals surface area (Å²) in [7, 11) is 0. The SMILES string of the molecule is CCOC1CC(CC(N)C2=COCCC2)C1. The molecule has 0 amide bonds. The van der Waals surface area contributed by atoms with Gasteiger partial charge in [-0.15, -0.1) is 0 Å². The maximum Gasteiger partial charge on any atom is 0.0876 e. The number of hydrogen-bond donors (Lipinski definition) is 1. The largest absolute Gasteiger partial charge is 0.501 e. The highest BCUT2D eigenvalue weighted by atomic mass is 16.5. The summed E-state index contributed by atoms with van der Waals surface area (Å²) in [5.41, 5.74) is 7.49. The molecular formula is C13H23NO2. The number of hydrogen-bond acceptors (Lipinski definition) is 3. The molecule has 2 N–H and O–H groups in total. The fraction of sp³-hybridized carbons (Fsp3) is 0.846. The zero-order valence-electron chi connectivity index (χ0n) is 10.2. The highest BCUT2D eigenvalue weighted by molar-refractivity contribution is 5.09. The van der Waals surface area contributed by atoms with Crippen molar-refractivity contribution in [1.82, 2.24) is 0 Å². The first-order valence-corrected chi connectivity index (χ1v) is 6.47. The summed E-state index contributed by atoms with van der Waals surface area (Å²) in [6, 6.07) is 0.202. The molecule has 3 heteroatoms. The lowest BCUT2D eigenvalue weighted by molar-refractivity contribution is -0.0275. The summed E-state index contributed by atoms with van der Waals surface area (Å²) in [5, 5.41) is 0. The standard InChI is InChI=1S/C13H23NO2/c1-2-16-12-6-10(7-12)8-13(14)11-4-3-5-15-9-11/h9-10,12-13H,2-8,14H2,1H3. The van der Waals surface area contributed by atoms with Gasteiger partial charge < -0.3 is 15.2 Å². The first kappa shape index (κ1) is 11.9. The molecule has 1 atom stereocenters. The molecule has 1 heterocycles. The monoisotopic (exact) mass is 225 g/mol. The van der Waals surface area contributed by atoms with Gasteiger partial charge >= 0.3 is 0 Å². The Morgan fingerprint density at radius 2 is 2.38 bits per heavy atom. The average Bonchev–Trinajstić information content (AvgIpc) is 2.27. The van der Waals surface area contributed by atoms with Gasteiger partial charge in [0.2, 0.25) is 0 Å². The van der Waals surface area contributed by atoms with Crippen molar-refractivity contribution in [2.24, 2.45) is 11.7 Å². The summed E-state index contributed by atoms with van der Waals surface area (Å²) >= 11 is 0. The van der Waals surface area contributed by atoms with E-state index >= 15 is 0 Å². The Bertz CT molecular complexity index is 246. The highest BCUT2D eigenvalue weighted by Crippen LogP contribution is 2.34. The van der Waals surface area contributed by atoms with E-state index in [-0.39, 0.29) is 6.04 Å². The molecule has 2 rings (SSSR count). The Balaban J connectivity index is 1.68. The van der Waals surface area contributed by atoms with Gasteiger partial charge in [-0.1, -0.05) is 0 Å². The molecule has 3 nitrogen and oxygen atoms in total. The second-order valence-electron chi connectivity index (χ2n) is 4.92. The minimum absolute atomic E-state index is 0.202. The topological polar surface area (TPSA) is 44.5 Å². The van der Waals surface area contributed by atoms with Gasteiger partial charge in [0, 0.05) is 12.6 Å². The molecule has 0 spiro atoms. The van der Waals surface area contributed by atoms with Crippen LogP contribution in [0.2, 0.25) is 0 Å². The van der Waals surface area contributed by atoms with Gasteiger partial charge in [0.25, 0.3) is 0 Å². The number of nitrogens with two attached hydrogens (primary N) is 1. The van der Waals surface area contributed by atoms with Crippen molar-refractivity contribution in [3.8, 4) is 0 Å². The van der Waals surface area contributed by atoms with Gasteiger partial charge in [0.15, 0.2) is 0 Å². The van der Waals surface area contributed by atoms with E-state index in [4.69, 9.17) is 15.2 Å². The number of rotatable bonds is 5. The predicted octanol–water partition coefficient (Wildman–Crippen LogP) is 2.21. The molecule has 1 aliphatic heterocycles. The van der Waals surface area contributed by atoms with Crippen LogP contribution in [0.15, 0.2) is 11.8 Å². The zero-order chi connectivity index (χ0) is 11.4. The smallest absolute Gasteiger partial charge is 0.0876 e. The lowest BCUT2D eigenvalue weighted by atomic mass is 9.77. The molecule has 0 saturated heterocycles. The summed E-state index contributed by atoms with van der Waals surface area (Å²) in [6.07, 6.45) is 8.09. The quantitative estimate of drug-likeness (QED) is 0.780. The van der Waals surface area contributed by atoms with E-state index in [1.165, 1.54) is 18.4 Å². The van der Waals surface area contributed by atoms with Crippen LogP contribution in [0.4, 0.5) is 0 Å². The molecule has 92 valence electrons. The van der Waals surface area contributed by atoms with Crippen molar-refractivity contribution in [1.29, 1.82) is 0 Å². The fourth-order valence-corrected chi connectivity index (χ4v) is 2.61. The third-order valence-corrected chi connectivity index (χ3v) is 3.62. The molecule has 0 aromatic carbocycles. The Morgan fingerprint density at radius 3 is 3.00 bits per heavy atom. The molecule has 0 aromatic heterocycles. The van der Waals surface area contributed by atoms with Crippen LogP contribution in [0.5, 0.6) is 0 Å². The molecule has 1 aliphatic carbocycles. The fourth-order valence-electron chi connectivity index (χ4n) is 2.61. The summed E-state index contributed by atoms with van der Waals surface area (Å²) < 4.78 is 10.9. The summed E-state index contributed by atoms with van der Waals surface area (Å²) in [5.74, 6) is 0.759. The molecular weight excluding hydrogens is 202 g/mol. The molecule has 0 bridgehead atoms. The van der Waals surface area contributed by atoms with Crippen molar-refractivity contribution in [3.63, 3.8) is 0 Å². The van der Waals surface area contributed by atoms with Crippen molar-refractivity contribution in [2.75, 3.05) is 13.2 Å². The Kier molecular flexibility index (Phi) is 4.24. The van der Waals surface area contributed by atoms with Gasteiger partial charge in [-0.2, -0.15) is 0 Å². The number of ether oxygens (including phenoxy) is 2. The summed E-state index contributed by atoms with van der Waals surface area (Å²) in [4.78, 5) is 0. The molecule has 1 saturated carbocycles. The normalized spacial score (nSPS) is 31.2. The molecule has 0 aromatic rings. The predicted molar refractivity (Wildman–Crippen MR) is 64.0 cm³/mol. The van der Waals surface area contributed by atoms with Crippen molar-refractivity contribution in [2.45, 2.75) is 51.2 Å². The van der Waals surface area contributed by atoms with E-state index in [0.29, 0.717) is 6.10 Å². The van der Waals surface area contributed by atoms with Crippen LogP contribution in [-0.2, 0) is 9.47 Å². The Morgan fingerprint density at radius 1 is 1.56 bits per heavy atom. The van der Waals surface area contributed by atoms with Gasteiger partial charge in [0.1, 0.15) is 0 Å². The molecule has 1 fully saturated rings. The van der Waals surface area contributed by atoms with Crippen molar-refractivity contribution >= 4 is 0 Å². The van der Waals surface area contributed by atoms with Gasteiger partial charge in [-0.3, -0.25) is 0 Å². The minimum Gasteiger partial charge on any atom is -0.501 e. The lowest BCUT2D eigenvalue weighted by Crippen LogP contribution is -2.36. The first-order valence-electron chi connectivity index (χ1n) is 6.47. The van der Waals surface area contributed by atoms with Crippen molar-refractivity contribution < 1.29 is 9.47 Å². The van der Waals surface area contributed by atoms with Crippen LogP contribution in [0, 0.1) is 5.92 Å². The van der Waals surface area contributed by atoms with Crippen LogP contribution in [-0.4, -0.2) is 25.4 Å². The maximum atomic E-state index is 6.19. The van der Waals surface area contributed by atoms with E-state index in [1.54, 1.807) is 0 Å². The molecule has 16 heavy (non-hydrogen) atoms. The third-order valence-electron chi connectivity index (χ3n) is 3.62. The first-order chi connectivity index (χ1) is 7.79. The van der Waals surface area contributed by atoms with E-state index in [0.717, 1.165) is 38.4 Å². The molecule has 2 aliphatic rings. The highest BCUT2D eigenvalue weighted by Gasteiger charge is 2.31. The van der Waals surface area contributed by atoms with Crippen LogP contribution in [0.1, 0.15) is 39.0 Å². The Labute approximate surface area is 98.0 Å². The van der Waals surface area contributed by atoms with Crippen molar-refractivity contribution in [3.05, 3.63) is 11.8 Å². The van der Waals surface area contributed by atoms with Crippen LogP contribution in [0.25, 0.3) is 0 Å². The minimum atomic E-state index is 0.202. The second kappa shape index (κ2) is 5.69. The lowest BCUT2D eigenvalue weighted by Gasteiger charge is -2.36. The van der Waals surface area contributed by atoms with E-state index in [9.17, 15) is 0 Å². The van der Waals surface area contributed by atoms with E-state index in [2.05, 4.69) is 6.92 Å². The van der Waals surface area contributed by atoms with Crippen LogP contribution >= 0.6 is 0 Å². The van der Waals surface area contributed by atoms with E-state index < -0.39 is 0 Å². The zero-order valence-corrected chi connectivity index (χ0v) is 10.2. The van der Waals surface area contributed by atoms with Crippen LogP contribution in [0.3, 0.4) is 0 Å². The average molecular weight is 225 g/mol. The summed E-state index contributed by atoms with van der Waals surface area (Å²) in [6.45, 7) is 3.75. The molecule has 0 radical (unpaired) electrons. The van der Waals surface area contributed by atoms with Gasteiger partial charge in [0.05, 0.1) is 19.0 Å². The molecule has 1 unspecified atom stereocenters. The van der Waals surface area contributed by atoms with E-state index in [1.807, 2.05) is 6.26 Å². The second-order valence-corrected chi connectivity index (χ2v) is 4.92. The Hall–Kier alpha value is -0.540. The third kappa shape index (κ3) is 2.98. The maximum absolute atomic E-state index is 6.19. The van der Waals surface area contributed by atoms with Crippen LogP contribution < -0.4 is 5.73 Å². The van der Waals surface area contributed by atoms with Gasteiger partial charge in [-0.25, -0.2) is 0 Å². The van der Waals surface area contributed by atoms with Gasteiger partial charge in [-0.05, 0) is 50.5 Å².